The average Bonchev–Trinajstić information content (AvgIpc) is 2.88. The largest absolute Gasteiger partial charge is 0.507 e. The van der Waals surface area contributed by atoms with Crippen LogP contribution in [0.5, 0.6) is 5.75 Å². The van der Waals surface area contributed by atoms with Crippen molar-refractivity contribution in [1.29, 1.82) is 0 Å². The van der Waals surface area contributed by atoms with Gasteiger partial charge in [-0.15, -0.1) is 0 Å². The Labute approximate surface area is 221 Å². The SMILES string of the molecule is CC(C)C1NC(=O)C(C)C(O)C(Cc2cccnc2)NC(=O)C(NC(=O)c2ccccc2O)C(C)NC1=O. The Bertz CT molecular complexity index is 1160. The molecule has 1 fully saturated rings. The van der Waals surface area contributed by atoms with Crippen LogP contribution in [-0.4, -0.2) is 69.1 Å². The summed E-state index contributed by atoms with van der Waals surface area (Å²) in [6.45, 7) is 6.59. The summed E-state index contributed by atoms with van der Waals surface area (Å²) in [6.07, 6.45) is 2.03. The Morgan fingerprint density at radius 1 is 1.00 bits per heavy atom. The van der Waals surface area contributed by atoms with Crippen LogP contribution in [0.15, 0.2) is 48.8 Å². The topological polar surface area (TPSA) is 170 Å². The van der Waals surface area contributed by atoms with Crippen LogP contribution in [0.1, 0.15) is 43.6 Å². The predicted octanol–water partition coefficient (Wildman–Crippen LogP) is 0.269. The first kappa shape index (κ1) is 28.6. The van der Waals surface area contributed by atoms with Gasteiger partial charge in [0.15, 0.2) is 0 Å². The zero-order valence-electron chi connectivity index (χ0n) is 21.8. The minimum Gasteiger partial charge on any atom is -0.507 e. The number of amides is 4. The molecule has 3 rings (SSSR count). The van der Waals surface area contributed by atoms with Crippen LogP contribution in [0.4, 0.5) is 0 Å². The molecule has 1 aliphatic heterocycles. The minimum atomic E-state index is -1.32. The van der Waals surface area contributed by atoms with Crippen LogP contribution in [-0.2, 0) is 20.8 Å². The van der Waals surface area contributed by atoms with E-state index < -0.39 is 59.8 Å². The van der Waals surface area contributed by atoms with Gasteiger partial charge in [0.2, 0.25) is 17.7 Å². The molecule has 6 atom stereocenters. The lowest BCUT2D eigenvalue weighted by Crippen LogP contribution is -2.64. The highest BCUT2D eigenvalue weighted by molar-refractivity contribution is 6.00. The molecule has 0 radical (unpaired) electrons. The number of aromatic nitrogens is 1. The van der Waals surface area contributed by atoms with Crippen molar-refractivity contribution in [2.75, 3.05) is 0 Å². The van der Waals surface area contributed by atoms with E-state index in [0.717, 1.165) is 0 Å². The maximum absolute atomic E-state index is 13.6. The van der Waals surface area contributed by atoms with Gasteiger partial charge in [0.25, 0.3) is 5.91 Å². The number of aliphatic hydroxyl groups excluding tert-OH is 1. The summed E-state index contributed by atoms with van der Waals surface area (Å²) in [5.41, 5.74) is 0.672. The fourth-order valence-corrected chi connectivity index (χ4v) is 4.33. The number of hydrogen-bond donors (Lipinski definition) is 6. The normalized spacial score (nSPS) is 26.8. The van der Waals surface area contributed by atoms with Gasteiger partial charge in [-0.2, -0.15) is 0 Å². The number of nitrogens with one attached hydrogen (secondary N) is 4. The number of hydrogen-bond acceptors (Lipinski definition) is 7. The number of aromatic hydroxyl groups is 1. The second kappa shape index (κ2) is 12.5. The van der Waals surface area contributed by atoms with E-state index in [9.17, 15) is 29.4 Å². The second-order valence-electron chi connectivity index (χ2n) is 9.96. The summed E-state index contributed by atoms with van der Waals surface area (Å²) in [5.74, 6) is -4.01. The van der Waals surface area contributed by atoms with E-state index in [-0.39, 0.29) is 23.7 Å². The lowest BCUT2D eigenvalue weighted by Gasteiger charge is -2.34. The number of pyridine rings is 1. The molecule has 2 heterocycles. The van der Waals surface area contributed by atoms with Crippen molar-refractivity contribution in [3.63, 3.8) is 0 Å². The van der Waals surface area contributed by atoms with Gasteiger partial charge in [-0.05, 0) is 43.0 Å². The maximum Gasteiger partial charge on any atom is 0.255 e. The molecule has 1 saturated heterocycles. The number of phenols is 1. The van der Waals surface area contributed by atoms with E-state index in [1.165, 1.54) is 19.1 Å². The monoisotopic (exact) mass is 525 g/mol. The highest BCUT2D eigenvalue weighted by atomic mass is 16.3. The molecule has 1 aromatic heterocycles. The van der Waals surface area contributed by atoms with Gasteiger partial charge in [-0.1, -0.05) is 39.0 Å². The van der Waals surface area contributed by atoms with Crippen LogP contribution in [0.25, 0.3) is 0 Å². The Balaban J connectivity index is 1.99. The molecule has 6 N–H and O–H groups in total. The van der Waals surface area contributed by atoms with Gasteiger partial charge in [-0.3, -0.25) is 24.2 Å². The first-order chi connectivity index (χ1) is 18.0. The summed E-state index contributed by atoms with van der Waals surface area (Å²) in [7, 11) is 0. The number of phenolic OH excluding ortho intramolecular Hbond substituents is 1. The molecule has 1 aromatic carbocycles. The molecule has 2 aromatic rings. The third kappa shape index (κ3) is 6.86. The highest BCUT2D eigenvalue weighted by Gasteiger charge is 2.38. The van der Waals surface area contributed by atoms with E-state index in [1.54, 1.807) is 57.4 Å². The molecule has 0 bridgehead atoms. The predicted molar refractivity (Wildman–Crippen MR) is 139 cm³/mol. The van der Waals surface area contributed by atoms with Gasteiger partial charge in [-0.25, -0.2) is 0 Å². The van der Waals surface area contributed by atoms with Gasteiger partial charge in [0.1, 0.15) is 17.8 Å². The van der Waals surface area contributed by atoms with Crippen molar-refractivity contribution in [2.24, 2.45) is 11.8 Å². The Hall–Kier alpha value is -3.99. The molecular formula is C27H35N5O6. The van der Waals surface area contributed by atoms with Crippen molar-refractivity contribution in [2.45, 2.75) is 64.4 Å². The molecular weight excluding hydrogens is 490 g/mol. The quantitative estimate of drug-likeness (QED) is 0.325. The van der Waals surface area contributed by atoms with Crippen molar-refractivity contribution in [3.8, 4) is 5.75 Å². The minimum absolute atomic E-state index is 0.0437. The first-order valence-corrected chi connectivity index (χ1v) is 12.6. The van der Waals surface area contributed by atoms with Gasteiger partial charge < -0.3 is 31.5 Å². The summed E-state index contributed by atoms with van der Waals surface area (Å²) in [4.78, 5) is 56.8. The lowest BCUT2D eigenvalue weighted by molar-refractivity contribution is -0.136. The first-order valence-electron chi connectivity index (χ1n) is 12.6. The zero-order valence-corrected chi connectivity index (χ0v) is 21.8. The molecule has 6 unspecified atom stereocenters. The molecule has 0 saturated carbocycles. The maximum atomic E-state index is 13.6. The van der Waals surface area contributed by atoms with Crippen molar-refractivity contribution in [1.82, 2.24) is 26.3 Å². The van der Waals surface area contributed by atoms with Crippen molar-refractivity contribution < 1.29 is 29.4 Å². The molecule has 38 heavy (non-hydrogen) atoms. The summed E-state index contributed by atoms with van der Waals surface area (Å²) in [5, 5.41) is 32.1. The van der Waals surface area contributed by atoms with E-state index in [1.807, 2.05) is 0 Å². The molecule has 0 spiro atoms. The lowest BCUT2D eigenvalue weighted by atomic mass is 9.91. The van der Waals surface area contributed by atoms with Crippen LogP contribution < -0.4 is 21.3 Å². The molecule has 0 aliphatic carbocycles. The van der Waals surface area contributed by atoms with Crippen LogP contribution in [0.2, 0.25) is 0 Å². The molecule has 11 nitrogen and oxygen atoms in total. The van der Waals surface area contributed by atoms with Gasteiger partial charge in [0, 0.05) is 12.4 Å². The van der Waals surface area contributed by atoms with E-state index in [4.69, 9.17) is 0 Å². The zero-order chi connectivity index (χ0) is 28.0. The fraction of sp³-hybridized carbons (Fsp3) is 0.444. The third-order valence-electron chi connectivity index (χ3n) is 6.68. The molecule has 204 valence electrons. The number of carbonyl (C=O) groups is 4. The Morgan fingerprint density at radius 2 is 1.71 bits per heavy atom. The molecule has 4 amide bonds. The third-order valence-corrected chi connectivity index (χ3v) is 6.68. The summed E-state index contributed by atoms with van der Waals surface area (Å²) in [6, 6.07) is 5.33. The fourth-order valence-electron chi connectivity index (χ4n) is 4.33. The molecule has 1 aliphatic rings. The average molecular weight is 526 g/mol. The second-order valence-corrected chi connectivity index (χ2v) is 9.96. The number of aliphatic hydroxyl groups is 1. The van der Waals surface area contributed by atoms with E-state index >= 15 is 0 Å². The van der Waals surface area contributed by atoms with Crippen molar-refractivity contribution in [3.05, 3.63) is 59.9 Å². The Morgan fingerprint density at radius 3 is 2.34 bits per heavy atom. The van der Waals surface area contributed by atoms with Gasteiger partial charge in [0.05, 0.1) is 29.7 Å². The van der Waals surface area contributed by atoms with E-state index in [2.05, 4.69) is 26.3 Å². The van der Waals surface area contributed by atoms with Crippen molar-refractivity contribution >= 4 is 23.6 Å². The van der Waals surface area contributed by atoms with Crippen LogP contribution >= 0.6 is 0 Å². The number of nitrogens with zero attached hydrogens (tertiary/aromatic N) is 1. The number of benzene rings is 1. The standard InChI is InChI=1S/C27H35N5O6/c1-14(2)21-26(37)29-16(4)22(32-25(36)18-9-5-6-10-20(18)33)27(38)30-19(12-17-8-7-11-28-13-17)23(34)15(3)24(35)31-21/h5-11,13-16,19,21-23,33-34H,12H2,1-4H3,(H,29,37)(H,30,38)(H,31,35)(H,32,36). The number of para-hydroxylation sites is 1. The number of carbonyl (C=O) groups excluding carboxylic acids is 4. The smallest absolute Gasteiger partial charge is 0.255 e. The number of rotatable bonds is 5. The van der Waals surface area contributed by atoms with Crippen LogP contribution in [0, 0.1) is 11.8 Å². The summed E-state index contributed by atoms with van der Waals surface area (Å²) >= 11 is 0. The molecule has 11 heteroatoms. The van der Waals surface area contributed by atoms with E-state index in [0.29, 0.717) is 5.56 Å². The highest BCUT2D eigenvalue weighted by Crippen LogP contribution is 2.18. The Kier molecular flexibility index (Phi) is 9.40. The van der Waals surface area contributed by atoms with Crippen LogP contribution in [0.3, 0.4) is 0 Å². The summed E-state index contributed by atoms with van der Waals surface area (Å²) < 4.78 is 0. The van der Waals surface area contributed by atoms with Gasteiger partial charge >= 0.3 is 0 Å².